The summed E-state index contributed by atoms with van der Waals surface area (Å²) in [5.74, 6) is -1.39. The predicted molar refractivity (Wildman–Crippen MR) is 125 cm³/mol. The van der Waals surface area contributed by atoms with Gasteiger partial charge in [-0.3, -0.25) is 9.78 Å². The molecule has 1 aromatic carbocycles. The third-order valence-corrected chi connectivity index (χ3v) is 6.68. The van der Waals surface area contributed by atoms with Crippen molar-refractivity contribution < 1.29 is 35.5 Å². The molecule has 4 heterocycles. The van der Waals surface area contributed by atoms with Crippen LogP contribution in [0.1, 0.15) is 40.0 Å². The molecule has 6 nitrogen and oxygen atoms in total. The minimum atomic E-state index is -4.98. The summed E-state index contributed by atoms with van der Waals surface area (Å²) in [6.07, 6.45) is -5.27. The van der Waals surface area contributed by atoms with Gasteiger partial charge in [0, 0.05) is 24.8 Å². The number of aromatic nitrogens is 4. The summed E-state index contributed by atoms with van der Waals surface area (Å²) in [6, 6.07) is 7.51. The quantitative estimate of drug-likeness (QED) is 0.289. The van der Waals surface area contributed by atoms with Crippen molar-refractivity contribution in [1.29, 1.82) is 0 Å². The van der Waals surface area contributed by atoms with Crippen molar-refractivity contribution in [1.82, 2.24) is 24.5 Å². The molecular formula is C26H20F7N5O. The van der Waals surface area contributed by atoms with Crippen LogP contribution in [0.5, 0.6) is 0 Å². The van der Waals surface area contributed by atoms with Crippen molar-refractivity contribution in [3.63, 3.8) is 0 Å². The molecule has 204 valence electrons. The van der Waals surface area contributed by atoms with Gasteiger partial charge in [-0.2, -0.15) is 31.4 Å². The van der Waals surface area contributed by atoms with Crippen LogP contribution >= 0.6 is 0 Å². The second-order valence-electron chi connectivity index (χ2n) is 9.36. The summed E-state index contributed by atoms with van der Waals surface area (Å²) >= 11 is 0. The monoisotopic (exact) mass is 551 g/mol. The van der Waals surface area contributed by atoms with E-state index < -0.39 is 46.4 Å². The maximum atomic E-state index is 13.9. The Morgan fingerprint density at radius 1 is 1.00 bits per heavy atom. The van der Waals surface area contributed by atoms with Crippen molar-refractivity contribution in [2.24, 2.45) is 5.92 Å². The van der Waals surface area contributed by atoms with Gasteiger partial charge in [0.15, 0.2) is 5.69 Å². The molecule has 1 saturated heterocycles. The van der Waals surface area contributed by atoms with Gasteiger partial charge in [0.2, 0.25) is 0 Å². The number of fused-ring (bicyclic) bond motifs is 1. The second-order valence-corrected chi connectivity index (χ2v) is 9.36. The molecule has 0 unspecified atom stereocenters. The molecule has 3 aromatic heterocycles. The van der Waals surface area contributed by atoms with Crippen LogP contribution in [0.3, 0.4) is 0 Å². The Morgan fingerprint density at radius 2 is 1.74 bits per heavy atom. The lowest BCUT2D eigenvalue weighted by Gasteiger charge is -2.33. The Morgan fingerprint density at radius 3 is 2.44 bits per heavy atom. The topological polar surface area (TPSA) is 63.4 Å². The van der Waals surface area contributed by atoms with Crippen LogP contribution in [0, 0.1) is 11.7 Å². The lowest BCUT2D eigenvalue weighted by Crippen LogP contribution is -2.41. The number of alkyl halides is 6. The van der Waals surface area contributed by atoms with Gasteiger partial charge in [-0.1, -0.05) is 12.1 Å². The summed E-state index contributed by atoms with van der Waals surface area (Å²) in [4.78, 5) is 21.8. The minimum absolute atomic E-state index is 0.0701. The number of piperidine rings is 1. The first-order chi connectivity index (χ1) is 18.4. The highest BCUT2D eigenvalue weighted by Crippen LogP contribution is 2.38. The molecule has 0 N–H and O–H groups in total. The van der Waals surface area contributed by atoms with Crippen molar-refractivity contribution in [2.75, 3.05) is 13.1 Å². The van der Waals surface area contributed by atoms with Gasteiger partial charge in [-0.15, -0.1) is 0 Å². The maximum Gasteiger partial charge on any atom is 0.434 e. The highest BCUT2D eigenvalue weighted by molar-refractivity contribution is 5.96. The van der Waals surface area contributed by atoms with Crippen molar-refractivity contribution in [3.05, 3.63) is 83.3 Å². The molecule has 13 heteroatoms. The van der Waals surface area contributed by atoms with Crippen molar-refractivity contribution in [2.45, 2.75) is 31.6 Å². The fourth-order valence-corrected chi connectivity index (χ4v) is 4.92. The Balaban J connectivity index is 1.51. The average molecular weight is 551 g/mol. The number of amides is 1. The lowest BCUT2D eigenvalue weighted by atomic mass is 9.91. The number of carbonyl (C=O) groups excluding carboxylic acids is 1. The van der Waals surface area contributed by atoms with E-state index in [1.54, 1.807) is 12.1 Å². The van der Waals surface area contributed by atoms with Crippen LogP contribution in [-0.4, -0.2) is 43.5 Å². The average Bonchev–Trinajstić information content (AvgIpc) is 3.29. The summed E-state index contributed by atoms with van der Waals surface area (Å²) in [5, 5.41) is 3.82. The van der Waals surface area contributed by atoms with Crippen molar-refractivity contribution in [3.8, 4) is 11.3 Å². The van der Waals surface area contributed by atoms with E-state index in [0.29, 0.717) is 12.8 Å². The normalized spacial score (nSPS) is 16.6. The zero-order valence-electron chi connectivity index (χ0n) is 20.1. The zero-order valence-corrected chi connectivity index (χ0v) is 20.1. The number of rotatable bonds is 4. The number of nitrogens with zero attached hydrogens (tertiary/aromatic N) is 5. The number of pyridine rings is 1. The first-order valence-corrected chi connectivity index (χ1v) is 11.9. The summed E-state index contributed by atoms with van der Waals surface area (Å²) in [6.45, 7) is 0.372. The Labute approximate surface area is 217 Å². The number of benzene rings is 1. The third kappa shape index (κ3) is 5.43. The maximum absolute atomic E-state index is 13.9. The SMILES string of the molecule is O=C(c1cc(-c2cc(C(F)(F)F)c3cncnn23)cnc1C(F)(F)F)N1CCC[C@@H](Cc2ccc(F)cc2)C1. The van der Waals surface area contributed by atoms with Crippen LogP contribution in [0.15, 0.2) is 55.1 Å². The number of hydrogen-bond donors (Lipinski definition) is 0. The molecule has 1 amide bonds. The Kier molecular flexibility index (Phi) is 6.77. The first-order valence-electron chi connectivity index (χ1n) is 11.9. The van der Waals surface area contributed by atoms with E-state index in [9.17, 15) is 35.5 Å². The van der Waals surface area contributed by atoms with Gasteiger partial charge in [0.25, 0.3) is 5.91 Å². The highest BCUT2D eigenvalue weighted by atomic mass is 19.4. The third-order valence-electron chi connectivity index (χ3n) is 6.68. The molecule has 5 rings (SSSR count). The van der Waals surface area contributed by atoms with Gasteiger partial charge in [-0.05, 0) is 55.0 Å². The number of hydrogen-bond acceptors (Lipinski definition) is 4. The molecule has 1 fully saturated rings. The van der Waals surface area contributed by atoms with Gasteiger partial charge >= 0.3 is 12.4 Å². The van der Waals surface area contributed by atoms with Crippen LogP contribution < -0.4 is 0 Å². The smallest absolute Gasteiger partial charge is 0.338 e. The highest BCUT2D eigenvalue weighted by Gasteiger charge is 2.40. The van der Waals surface area contributed by atoms with E-state index in [2.05, 4.69) is 15.1 Å². The van der Waals surface area contributed by atoms with Crippen LogP contribution in [0.2, 0.25) is 0 Å². The van der Waals surface area contributed by atoms with E-state index in [-0.39, 0.29) is 30.3 Å². The Bertz CT molecular complexity index is 1510. The molecule has 39 heavy (non-hydrogen) atoms. The summed E-state index contributed by atoms with van der Waals surface area (Å²) < 4.78 is 96.6. The van der Waals surface area contributed by atoms with E-state index in [0.717, 1.165) is 47.4 Å². The fraction of sp³-hybridized carbons (Fsp3) is 0.308. The second kappa shape index (κ2) is 9.93. The summed E-state index contributed by atoms with van der Waals surface area (Å²) in [5.41, 5.74) is -3.17. The van der Waals surface area contributed by atoms with Crippen LogP contribution in [0.25, 0.3) is 16.8 Å². The van der Waals surface area contributed by atoms with Crippen LogP contribution in [-0.2, 0) is 18.8 Å². The number of carbonyl (C=O) groups is 1. The van der Waals surface area contributed by atoms with Gasteiger partial charge in [0.1, 0.15) is 12.1 Å². The molecule has 1 atom stereocenters. The predicted octanol–water partition coefficient (Wildman–Crippen LogP) is 6.06. The molecule has 0 aliphatic carbocycles. The lowest BCUT2D eigenvalue weighted by molar-refractivity contribution is -0.141. The van der Waals surface area contributed by atoms with E-state index in [1.165, 1.54) is 17.0 Å². The Hall–Kier alpha value is -4.03. The number of likely N-dealkylation sites (tertiary alicyclic amines) is 1. The molecule has 4 aromatic rings. The zero-order chi connectivity index (χ0) is 27.9. The van der Waals surface area contributed by atoms with Gasteiger partial charge in [-0.25, -0.2) is 13.9 Å². The van der Waals surface area contributed by atoms with E-state index in [4.69, 9.17) is 0 Å². The minimum Gasteiger partial charge on any atom is -0.338 e. The largest absolute Gasteiger partial charge is 0.434 e. The number of halogens is 7. The van der Waals surface area contributed by atoms with E-state index in [1.807, 2.05) is 0 Å². The fourth-order valence-electron chi connectivity index (χ4n) is 4.92. The van der Waals surface area contributed by atoms with Gasteiger partial charge in [0.05, 0.1) is 28.5 Å². The molecular weight excluding hydrogens is 531 g/mol. The molecule has 0 saturated carbocycles. The van der Waals surface area contributed by atoms with Crippen molar-refractivity contribution >= 4 is 11.4 Å². The summed E-state index contributed by atoms with van der Waals surface area (Å²) in [7, 11) is 0. The standard InChI is InChI=1S/C26H20F7N5O/c27-18-5-3-15(4-6-18)8-16-2-1-7-37(13-16)24(39)19-9-17(11-35-23(19)26(31,32)33)21-10-20(25(28,29)30)22-12-34-14-36-38(21)22/h3-6,9-12,14,16H,1-2,7-8,13H2/t16-/m0/s1. The molecule has 0 spiro atoms. The molecule has 0 radical (unpaired) electrons. The molecule has 1 aliphatic rings. The first kappa shape index (κ1) is 26.6. The molecule has 0 bridgehead atoms. The van der Waals surface area contributed by atoms with E-state index >= 15 is 0 Å². The molecule has 1 aliphatic heterocycles. The van der Waals surface area contributed by atoms with Gasteiger partial charge < -0.3 is 4.90 Å². The van der Waals surface area contributed by atoms with Crippen LogP contribution in [0.4, 0.5) is 30.7 Å².